The monoisotopic (exact) mass is 360 g/mol. The number of nitrogens with one attached hydrogen (secondary N) is 1. The fraction of sp³-hybridized carbons (Fsp3) is 0.158. The Morgan fingerprint density at radius 1 is 1.26 bits per heavy atom. The Labute approximate surface area is 153 Å². The first-order chi connectivity index (χ1) is 13.2. The van der Waals surface area contributed by atoms with Gasteiger partial charge in [-0.05, 0) is 31.5 Å². The van der Waals surface area contributed by atoms with E-state index >= 15 is 0 Å². The van der Waals surface area contributed by atoms with Crippen molar-refractivity contribution in [1.29, 1.82) is 0 Å². The molecule has 0 aliphatic heterocycles. The Bertz CT molecular complexity index is 1340. The van der Waals surface area contributed by atoms with Crippen LogP contribution in [0.1, 0.15) is 12.6 Å². The normalized spacial score (nSPS) is 11.6. The molecule has 0 saturated heterocycles. The smallest absolute Gasteiger partial charge is 0.274 e. The molecule has 0 radical (unpaired) electrons. The highest BCUT2D eigenvalue weighted by molar-refractivity contribution is 5.84. The number of aromatic nitrogens is 6. The lowest BCUT2D eigenvalue weighted by Gasteiger charge is -2.05. The number of nitrogens with zero attached hydrogens (tertiary/aromatic N) is 5. The third-order valence-electron chi connectivity index (χ3n) is 4.69. The first-order valence-corrected chi connectivity index (χ1v) is 8.64. The molecule has 4 aromatic heterocycles. The highest BCUT2D eigenvalue weighted by Crippen LogP contribution is 2.27. The predicted octanol–water partition coefficient (Wildman–Crippen LogP) is 3.02. The fourth-order valence-electron chi connectivity index (χ4n) is 3.42. The second-order valence-corrected chi connectivity index (χ2v) is 6.31. The van der Waals surface area contributed by atoms with Gasteiger partial charge < -0.3 is 9.40 Å². The van der Waals surface area contributed by atoms with Crippen molar-refractivity contribution in [3.05, 3.63) is 59.0 Å². The number of oxazole rings is 1. The topological polar surface area (TPSA) is 94.0 Å². The summed E-state index contributed by atoms with van der Waals surface area (Å²) in [5, 5.41) is 9.73. The van der Waals surface area contributed by atoms with Crippen LogP contribution in [0.5, 0.6) is 0 Å². The average molecular weight is 360 g/mol. The number of aryl methyl sites for hydroxylation is 2. The lowest BCUT2D eigenvalue weighted by atomic mass is 10.1. The molecule has 5 rings (SSSR count). The summed E-state index contributed by atoms with van der Waals surface area (Å²) in [5.41, 5.74) is 4.35. The summed E-state index contributed by atoms with van der Waals surface area (Å²) in [7, 11) is 0. The highest BCUT2D eigenvalue weighted by atomic mass is 16.3. The van der Waals surface area contributed by atoms with Crippen molar-refractivity contribution in [2.75, 3.05) is 0 Å². The van der Waals surface area contributed by atoms with E-state index in [1.54, 1.807) is 12.3 Å². The summed E-state index contributed by atoms with van der Waals surface area (Å²) < 4.78 is 8.70. The number of hydrogen-bond acceptors (Lipinski definition) is 5. The van der Waals surface area contributed by atoms with Crippen LogP contribution in [0.4, 0.5) is 0 Å². The van der Waals surface area contributed by atoms with Crippen LogP contribution in [0.3, 0.4) is 0 Å². The molecule has 0 spiro atoms. The molecule has 0 aliphatic carbocycles. The average Bonchev–Trinajstić information content (AvgIpc) is 3.38. The largest absolute Gasteiger partial charge is 0.444 e. The van der Waals surface area contributed by atoms with Gasteiger partial charge in [-0.1, -0.05) is 6.07 Å². The number of benzene rings is 1. The van der Waals surface area contributed by atoms with Gasteiger partial charge in [0.2, 0.25) is 5.89 Å². The van der Waals surface area contributed by atoms with E-state index in [4.69, 9.17) is 4.42 Å². The highest BCUT2D eigenvalue weighted by Gasteiger charge is 2.18. The van der Waals surface area contributed by atoms with Gasteiger partial charge in [-0.25, -0.2) is 4.98 Å². The molecular weight excluding hydrogens is 344 g/mol. The summed E-state index contributed by atoms with van der Waals surface area (Å²) >= 11 is 0. The van der Waals surface area contributed by atoms with Crippen molar-refractivity contribution in [2.24, 2.45) is 0 Å². The molecule has 4 heterocycles. The number of aromatic amines is 1. The van der Waals surface area contributed by atoms with E-state index in [1.165, 1.54) is 10.8 Å². The van der Waals surface area contributed by atoms with Gasteiger partial charge in [0.1, 0.15) is 11.8 Å². The number of rotatable bonds is 3. The van der Waals surface area contributed by atoms with E-state index in [0.717, 1.165) is 23.0 Å². The van der Waals surface area contributed by atoms with Crippen LogP contribution < -0.4 is 5.56 Å². The summed E-state index contributed by atoms with van der Waals surface area (Å²) in [6.45, 7) is 4.68. The van der Waals surface area contributed by atoms with E-state index in [-0.39, 0.29) is 5.56 Å². The molecule has 0 aliphatic rings. The van der Waals surface area contributed by atoms with Gasteiger partial charge in [-0.3, -0.25) is 9.48 Å². The van der Waals surface area contributed by atoms with Crippen LogP contribution in [0.2, 0.25) is 0 Å². The van der Waals surface area contributed by atoms with Crippen molar-refractivity contribution in [2.45, 2.75) is 20.4 Å². The third kappa shape index (κ3) is 2.30. The Hall–Kier alpha value is -3.68. The molecular formula is C19H16N6O2. The first kappa shape index (κ1) is 15.6. The van der Waals surface area contributed by atoms with Gasteiger partial charge >= 0.3 is 0 Å². The van der Waals surface area contributed by atoms with E-state index in [2.05, 4.69) is 27.1 Å². The molecule has 8 heteroatoms. The minimum atomic E-state index is -0.219. The van der Waals surface area contributed by atoms with Crippen molar-refractivity contribution in [3.63, 3.8) is 0 Å². The lowest BCUT2D eigenvalue weighted by Crippen LogP contribution is -2.14. The van der Waals surface area contributed by atoms with Crippen LogP contribution in [-0.2, 0) is 6.54 Å². The van der Waals surface area contributed by atoms with Crippen molar-refractivity contribution in [1.82, 2.24) is 29.4 Å². The molecule has 27 heavy (non-hydrogen) atoms. The van der Waals surface area contributed by atoms with Gasteiger partial charge in [0.25, 0.3) is 5.56 Å². The van der Waals surface area contributed by atoms with Crippen LogP contribution in [-0.4, -0.2) is 29.4 Å². The van der Waals surface area contributed by atoms with Gasteiger partial charge in [0.15, 0.2) is 5.65 Å². The summed E-state index contributed by atoms with van der Waals surface area (Å²) in [4.78, 5) is 20.2. The second-order valence-electron chi connectivity index (χ2n) is 6.31. The van der Waals surface area contributed by atoms with Crippen molar-refractivity contribution >= 4 is 16.6 Å². The molecule has 0 bridgehead atoms. The Kier molecular flexibility index (Phi) is 3.27. The van der Waals surface area contributed by atoms with Crippen LogP contribution in [0.25, 0.3) is 39.3 Å². The van der Waals surface area contributed by atoms with Crippen molar-refractivity contribution in [3.8, 4) is 22.7 Å². The number of H-pyrrole nitrogens is 1. The zero-order valence-electron chi connectivity index (χ0n) is 14.8. The van der Waals surface area contributed by atoms with Gasteiger partial charge in [-0.15, -0.1) is 0 Å². The maximum Gasteiger partial charge on any atom is 0.274 e. The molecule has 0 amide bonds. The zero-order chi connectivity index (χ0) is 18.5. The van der Waals surface area contributed by atoms with Crippen LogP contribution in [0, 0.1) is 6.92 Å². The first-order valence-electron chi connectivity index (χ1n) is 8.64. The van der Waals surface area contributed by atoms with Crippen LogP contribution in [0.15, 0.2) is 52.1 Å². The second kappa shape index (κ2) is 5.66. The Morgan fingerprint density at radius 3 is 2.93 bits per heavy atom. The zero-order valence-corrected chi connectivity index (χ0v) is 14.8. The van der Waals surface area contributed by atoms with Gasteiger partial charge in [0, 0.05) is 18.0 Å². The Balaban J connectivity index is 1.74. The maximum atomic E-state index is 12.6. The molecule has 5 aromatic rings. The number of hydrogen-bond donors (Lipinski definition) is 1. The molecule has 1 aromatic carbocycles. The lowest BCUT2D eigenvalue weighted by molar-refractivity contribution is 0.574. The molecule has 8 nitrogen and oxygen atoms in total. The minimum absolute atomic E-state index is 0.219. The molecule has 0 fully saturated rings. The van der Waals surface area contributed by atoms with E-state index in [9.17, 15) is 4.79 Å². The third-order valence-corrected chi connectivity index (χ3v) is 4.69. The van der Waals surface area contributed by atoms with Gasteiger partial charge in [-0.2, -0.15) is 14.7 Å². The molecule has 0 unspecified atom stereocenters. The summed E-state index contributed by atoms with van der Waals surface area (Å²) in [5.74, 6) is 0.426. The SMILES string of the molecule is CCn1ncc2cc(-c3cc(=O)n4nc(C)c(-c5ncco5)c4[nH]3)ccc21. The predicted molar refractivity (Wildman–Crippen MR) is 100 cm³/mol. The fourth-order valence-corrected chi connectivity index (χ4v) is 3.42. The van der Waals surface area contributed by atoms with E-state index in [0.29, 0.717) is 28.5 Å². The standard InChI is InChI=1S/C19H16N6O2/c1-3-24-15-5-4-12(8-13(15)10-21-24)14-9-16(26)25-18(22-14)17(11(2)23-25)19-20-6-7-27-19/h4-10,22H,3H2,1-2H3. The molecule has 0 atom stereocenters. The Morgan fingerprint density at radius 2 is 2.15 bits per heavy atom. The van der Waals surface area contributed by atoms with Gasteiger partial charge in [0.05, 0.1) is 29.3 Å². The van der Waals surface area contributed by atoms with E-state index < -0.39 is 0 Å². The summed E-state index contributed by atoms with van der Waals surface area (Å²) in [6, 6.07) is 7.56. The quantitative estimate of drug-likeness (QED) is 0.534. The number of fused-ring (bicyclic) bond motifs is 2. The van der Waals surface area contributed by atoms with E-state index in [1.807, 2.05) is 36.0 Å². The summed E-state index contributed by atoms with van der Waals surface area (Å²) in [6.07, 6.45) is 4.90. The van der Waals surface area contributed by atoms with Crippen molar-refractivity contribution < 1.29 is 4.42 Å². The van der Waals surface area contributed by atoms with Crippen LogP contribution >= 0.6 is 0 Å². The maximum absolute atomic E-state index is 12.6. The minimum Gasteiger partial charge on any atom is -0.444 e. The molecule has 0 saturated carbocycles. The molecule has 1 N–H and O–H groups in total. The molecule has 134 valence electrons.